The van der Waals surface area contributed by atoms with Gasteiger partial charge in [-0.05, 0) is 73.9 Å². The molecule has 1 amide bonds. The van der Waals surface area contributed by atoms with E-state index in [1.54, 1.807) is 41.3 Å². The zero-order valence-electron chi connectivity index (χ0n) is 23.4. The Labute approximate surface area is 252 Å². The van der Waals surface area contributed by atoms with Crippen molar-refractivity contribution in [2.45, 2.75) is 25.2 Å². The standard InChI is InChI=1S/C30H34N4O4S2.ClH/c1-22-20-23(2)28-27(21-22)39-30(31-28)34(15-7-14-33-16-18-38-19-17-33)29(35)24-10-12-26(13-11-24)40(36,37)32(3)25-8-5-4-6-9-25;/h4-6,8-13,20-21H,7,14-19H2,1-3H3;1H. The average Bonchev–Trinajstić information content (AvgIpc) is 3.40. The molecule has 1 saturated heterocycles. The van der Waals surface area contributed by atoms with E-state index in [-0.39, 0.29) is 23.2 Å². The Morgan fingerprint density at radius 2 is 1.71 bits per heavy atom. The van der Waals surface area contributed by atoms with E-state index in [2.05, 4.69) is 24.0 Å². The van der Waals surface area contributed by atoms with Crippen molar-refractivity contribution in [3.05, 3.63) is 83.4 Å². The molecule has 1 aliphatic heterocycles. The summed E-state index contributed by atoms with van der Waals surface area (Å²) in [4.78, 5) is 22.9. The molecule has 3 aromatic carbocycles. The van der Waals surface area contributed by atoms with Gasteiger partial charge in [0.25, 0.3) is 15.9 Å². The van der Waals surface area contributed by atoms with Crippen molar-refractivity contribution < 1.29 is 17.9 Å². The van der Waals surface area contributed by atoms with E-state index >= 15 is 0 Å². The van der Waals surface area contributed by atoms with Crippen molar-refractivity contribution in [1.82, 2.24) is 9.88 Å². The second-order valence-corrected chi connectivity index (χ2v) is 13.0. The number of sulfonamides is 1. The average molecular weight is 615 g/mol. The number of amides is 1. The molecule has 41 heavy (non-hydrogen) atoms. The highest BCUT2D eigenvalue weighted by Gasteiger charge is 2.25. The number of carbonyl (C=O) groups is 1. The van der Waals surface area contributed by atoms with E-state index in [1.807, 2.05) is 13.0 Å². The van der Waals surface area contributed by atoms with Gasteiger partial charge < -0.3 is 4.74 Å². The molecule has 0 unspecified atom stereocenters. The number of morpholine rings is 1. The minimum Gasteiger partial charge on any atom is -0.379 e. The summed E-state index contributed by atoms with van der Waals surface area (Å²) in [7, 11) is -2.25. The van der Waals surface area contributed by atoms with Gasteiger partial charge in [-0.1, -0.05) is 35.6 Å². The monoisotopic (exact) mass is 614 g/mol. The molecule has 1 fully saturated rings. The van der Waals surface area contributed by atoms with Crippen LogP contribution in [0.5, 0.6) is 0 Å². The van der Waals surface area contributed by atoms with E-state index < -0.39 is 10.0 Å². The van der Waals surface area contributed by atoms with Crippen LogP contribution < -0.4 is 9.21 Å². The summed E-state index contributed by atoms with van der Waals surface area (Å²) in [5.74, 6) is -0.198. The van der Waals surface area contributed by atoms with Crippen LogP contribution in [-0.4, -0.2) is 70.6 Å². The number of anilines is 2. The third-order valence-corrected chi connectivity index (χ3v) is 9.96. The minimum absolute atomic E-state index is 0. The van der Waals surface area contributed by atoms with Crippen molar-refractivity contribution in [1.29, 1.82) is 0 Å². The Balaban J connectivity index is 0.00000387. The van der Waals surface area contributed by atoms with E-state index in [4.69, 9.17) is 9.72 Å². The molecule has 0 bridgehead atoms. The Hall–Kier alpha value is -3.02. The molecule has 0 spiro atoms. The van der Waals surface area contributed by atoms with Crippen molar-refractivity contribution in [3.8, 4) is 0 Å². The van der Waals surface area contributed by atoms with Crippen molar-refractivity contribution in [3.63, 3.8) is 0 Å². The second-order valence-electron chi connectivity index (χ2n) is 10.0. The van der Waals surface area contributed by atoms with Gasteiger partial charge in [0, 0.05) is 38.8 Å². The maximum atomic E-state index is 13.9. The number of halogens is 1. The Morgan fingerprint density at radius 3 is 2.39 bits per heavy atom. The van der Waals surface area contributed by atoms with Crippen LogP contribution >= 0.6 is 23.7 Å². The highest BCUT2D eigenvalue weighted by molar-refractivity contribution is 7.92. The van der Waals surface area contributed by atoms with Gasteiger partial charge in [0.15, 0.2) is 5.13 Å². The molecular formula is C30H35ClN4O4S2. The fourth-order valence-electron chi connectivity index (χ4n) is 4.90. The zero-order chi connectivity index (χ0) is 28.3. The van der Waals surface area contributed by atoms with Gasteiger partial charge >= 0.3 is 0 Å². The summed E-state index contributed by atoms with van der Waals surface area (Å²) < 4.78 is 34.2. The van der Waals surface area contributed by atoms with Gasteiger partial charge in [0.2, 0.25) is 0 Å². The summed E-state index contributed by atoms with van der Waals surface area (Å²) >= 11 is 1.51. The smallest absolute Gasteiger partial charge is 0.264 e. The van der Waals surface area contributed by atoms with E-state index in [0.29, 0.717) is 22.9 Å². The number of hydrogen-bond acceptors (Lipinski definition) is 7. The molecule has 11 heteroatoms. The lowest BCUT2D eigenvalue weighted by Gasteiger charge is -2.27. The lowest BCUT2D eigenvalue weighted by Crippen LogP contribution is -2.39. The summed E-state index contributed by atoms with van der Waals surface area (Å²) in [5.41, 5.74) is 4.12. The van der Waals surface area contributed by atoms with E-state index in [1.165, 1.54) is 34.8 Å². The molecule has 5 rings (SSSR count). The van der Waals surface area contributed by atoms with Gasteiger partial charge in [0.05, 0.1) is 34.0 Å². The molecule has 1 aromatic heterocycles. The molecule has 4 aromatic rings. The molecule has 0 atom stereocenters. The Morgan fingerprint density at radius 1 is 1.02 bits per heavy atom. The zero-order valence-corrected chi connectivity index (χ0v) is 25.9. The predicted octanol–water partition coefficient (Wildman–Crippen LogP) is 5.53. The molecule has 1 aliphatic rings. The molecular weight excluding hydrogens is 580 g/mol. The van der Waals surface area contributed by atoms with Gasteiger partial charge in [-0.15, -0.1) is 12.4 Å². The first-order valence-corrected chi connectivity index (χ1v) is 15.6. The summed E-state index contributed by atoms with van der Waals surface area (Å²) in [6, 6.07) is 19.3. The van der Waals surface area contributed by atoms with Crippen molar-refractivity contribution in [2.75, 3.05) is 55.6 Å². The van der Waals surface area contributed by atoms with Crippen molar-refractivity contribution >= 4 is 60.7 Å². The van der Waals surface area contributed by atoms with Crippen molar-refractivity contribution in [2.24, 2.45) is 0 Å². The summed E-state index contributed by atoms with van der Waals surface area (Å²) in [6.07, 6.45) is 0.786. The van der Waals surface area contributed by atoms with E-state index in [9.17, 15) is 13.2 Å². The lowest BCUT2D eigenvalue weighted by molar-refractivity contribution is 0.0376. The van der Waals surface area contributed by atoms with Gasteiger partial charge in [0.1, 0.15) is 0 Å². The lowest BCUT2D eigenvalue weighted by atomic mass is 10.1. The molecule has 0 saturated carbocycles. The number of carbonyl (C=O) groups excluding carboxylic acids is 1. The number of aryl methyl sites for hydroxylation is 2. The molecule has 0 N–H and O–H groups in total. The highest BCUT2D eigenvalue weighted by atomic mass is 35.5. The fourth-order valence-corrected chi connectivity index (χ4v) is 7.26. The van der Waals surface area contributed by atoms with Crippen LogP contribution in [0.1, 0.15) is 27.9 Å². The highest BCUT2D eigenvalue weighted by Crippen LogP contribution is 2.33. The fraction of sp³-hybridized carbons (Fsp3) is 0.333. The minimum atomic E-state index is -3.78. The van der Waals surface area contributed by atoms with Gasteiger partial charge in [-0.3, -0.25) is 18.9 Å². The maximum Gasteiger partial charge on any atom is 0.264 e. The number of para-hydroxylation sites is 1. The Bertz CT molecular complexity index is 1590. The first kappa shape index (κ1) is 30.9. The molecule has 8 nitrogen and oxygen atoms in total. The number of rotatable bonds is 9. The van der Waals surface area contributed by atoms with Gasteiger partial charge in [-0.2, -0.15) is 0 Å². The normalized spacial score (nSPS) is 14.0. The topological polar surface area (TPSA) is 83.0 Å². The van der Waals surface area contributed by atoms with Crippen LogP contribution in [0.4, 0.5) is 10.8 Å². The van der Waals surface area contributed by atoms with Crippen LogP contribution in [0.15, 0.2) is 71.6 Å². The van der Waals surface area contributed by atoms with Crippen LogP contribution in [0.3, 0.4) is 0 Å². The van der Waals surface area contributed by atoms with Crippen LogP contribution in [0.2, 0.25) is 0 Å². The first-order chi connectivity index (χ1) is 19.2. The molecule has 0 aliphatic carbocycles. The Kier molecular flexibility index (Phi) is 10.0. The largest absolute Gasteiger partial charge is 0.379 e. The quantitative estimate of drug-likeness (QED) is 0.247. The third-order valence-electron chi connectivity index (χ3n) is 7.13. The van der Waals surface area contributed by atoms with Crippen LogP contribution in [-0.2, 0) is 14.8 Å². The molecule has 0 radical (unpaired) electrons. The maximum absolute atomic E-state index is 13.9. The van der Waals surface area contributed by atoms with Crippen LogP contribution in [0, 0.1) is 13.8 Å². The summed E-state index contributed by atoms with van der Waals surface area (Å²) in [5, 5.41) is 0.649. The number of nitrogens with zero attached hydrogens (tertiary/aromatic N) is 4. The van der Waals surface area contributed by atoms with Crippen LogP contribution in [0.25, 0.3) is 10.2 Å². The number of benzene rings is 3. The number of hydrogen-bond donors (Lipinski definition) is 0. The van der Waals surface area contributed by atoms with Gasteiger partial charge in [-0.25, -0.2) is 13.4 Å². The second kappa shape index (κ2) is 13.3. The predicted molar refractivity (Wildman–Crippen MR) is 168 cm³/mol. The van der Waals surface area contributed by atoms with E-state index in [0.717, 1.165) is 60.6 Å². The number of fused-ring (bicyclic) bond motifs is 1. The first-order valence-electron chi connectivity index (χ1n) is 13.4. The molecule has 2 heterocycles. The summed E-state index contributed by atoms with van der Waals surface area (Å²) in [6.45, 7) is 8.70. The SMILES string of the molecule is Cc1cc(C)c2nc(N(CCCN3CCOCC3)C(=O)c3ccc(S(=O)(=O)N(C)c4ccccc4)cc3)sc2c1.Cl. The number of thiazole rings is 1. The third kappa shape index (κ3) is 6.90. The molecule has 218 valence electrons. The number of ether oxygens (including phenoxy) is 1. The number of aromatic nitrogens is 1.